The molecule has 2 aliphatic rings. The largest absolute Gasteiger partial charge is 0.497 e. The highest BCUT2D eigenvalue weighted by Gasteiger charge is 2.56. The van der Waals surface area contributed by atoms with E-state index in [1.54, 1.807) is 55.6 Å². The lowest BCUT2D eigenvalue weighted by Gasteiger charge is -2.31. The van der Waals surface area contributed by atoms with Gasteiger partial charge in [0.1, 0.15) is 17.5 Å². The molecular formula is C33H30ClN3O5S2. The van der Waals surface area contributed by atoms with Crippen molar-refractivity contribution in [2.24, 2.45) is 5.92 Å². The Labute approximate surface area is 268 Å². The van der Waals surface area contributed by atoms with Crippen LogP contribution in [0.5, 0.6) is 5.75 Å². The lowest BCUT2D eigenvalue weighted by Crippen LogP contribution is -2.33. The summed E-state index contributed by atoms with van der Waals surface area (Å²) in [6.07, 6.45) is 0. The van der Waals surface area contributed by atoms with Crippen molar-refractivity contribution in [3.05, 3.63) is 103 Å². The first-order chi connectivity index (χ1) is 21.0. The Balaban J connectivity index is 1.40. The average Bonchev–Trinajstić information content (AvgIpc) is 3.43. The van der Waals surface area contributed by atoms with Gasteiger partial charge in [-0.3, -0.25) is 23.7 Å². The normalized spacial score (nSPS) is 19.5. The molecule has 3 atom stereocenters. The van der Waals surface area contributed by atoms with Crippen molar-refractivity contribution in [2.75, 3.05) is 17.3 Å². The number of hydrogen-bond acceptors (Lipinski definition) is 7. The third-order valence-corrected chi connectivity index (χ3v) is 10.8. The fourth-order valence-electron chi connectivity index (χ4n) is 5.67. The topological polar surface area (TPSA) is 97.7 Å². The number of nitrogens with one attached hydrogen (secondary N) is 1. The second-order valence-electron chi connectivity index (χ2n) is 11.8. The van der Waals surface area contributed by atoms with E-state index in [0.717, 1.165) is 22.5 Å². The molecule has 226 valence electrons. The molecule has 3 heterocycles. The smallest absolute Gasteiger partial charge is 0.308 e. The van der Waals surface area contributed by atoms with Crippen molar-refractivity contribution in [1.29, 1.82) is 0 Å². The molecule has 8 nitrogen and oxygen atoms in total. The third kappa shape index (κ3) is 5.46. The summed E-state index contributed by atoms with van der Waals surface area (Å²) in [5.74, 6) is -1.68. The molecule has 1 aromatic heterocycles. The summed E-state index contributed by atoms with van der Waals surface area (Å²) in [4.78, 5) is 56.1. The SMILES string of the molecule is COc1ccc(NC(=O)Cn2c3c(sc2=O)C(c2ccc(C(C)(C)C)cc2)C2C(=O)N(c4ccc(Cl)cc4)C(=O)C2S3)cc1. The van der Waals surface area contributed by atoms with Gasteiger partial charge in [-0.25, -0.2) is 4.90 Å². The Hall–Kier alpha value is -3.86. The predicted octanol–water partition coefficient (Wildman–Crippen LogP) is 6.30. The fraction of sp³-hybridized carbons (Fsp3) is 0.273. The zero-order valence-corrected chi connectivity index (χ0v) is 26.9. The molecule has 6 rings (SSSR count). The Bertz CT molecular complexity index is 1810. The highest BCUT2D eigenvalue weighted by Crippen LogP contribution is 2.54. The van der Waals surface area contributed by atoms with E-state index in [-0.39, 0.29) is 34.6 Å². The first-order valence-electron chi connectivity index (χ1n) is 14.0. The van der Waals surface area contributed by atoms with Crippen molar-refractivity contribution in [3.63, 3.8) is 0 Å². The lowest BCUT2D eigenvalue weighted by molar-refractivity contribution is -0.122. The van der Waals surface area contributed by atoms with Crippen LogP contribution in [0.3, 0.4) is 0 Å². The van der Waals surface area contributed by atoms with Crippen molar-refractivity contribution < 1.29 is 19.1 Å². The van der Waals surface area contributed by atoms with Crippen molar-refractivity contribution in [2.45, 2.75) is 48.9 Å². The van der Waals surface area contributed by atoms with Gasteiger partial charge in [-0.05, 0) is 65.1 Å². The number of ether oxygens (including phenoxy) is 1. The van der Waals surface area contributed by atoms with Gasteiger partial charge in [0.25, 0.3) is 0 Å². The number of aromatic nitrogens is 1. The maximum Gasteiger partial charge on any atom is 0.308 e. The van der Waals surface area contributed by atoms with Crippen LogP contribution in [0.4, 0.5) is 11.4 Å². The molecule has 0 bridgehead atoms. The van der Waals surface area contributed by atoms with Crippen LogP contribution in [-0.2, 0) is 26.3 Å². The molecule has 0 saturated carbocycles. The second-order valence-corrected chi connectivity index (χ2v) is 14.4. The minimum Gasteiger partial charge on any atom is -0.497 e. The van der Waals surface area contributed by atoms with Crippen molar-refractivity contribution >= 4 is 63.8 Å². The number of nitrogens with zero attached hydrogens (tertiary/aromatic N) is 2. The zero-order valence-electron chi connectivity index (χ0n) is 24.5. The van der Waals surface area contributed by atoms with E-state index < -0.39 is 17.1 Å². The molecule has 1 fully saturated rings. The van der Waals surface area contributed by atoms with Crippen molar-refractivity contribution in [1.82, 2.24) is 4.57 Å². The predicted molar refractivity (Wildman–Crippen MR) is 174 cm³/mol. The van der Waals surface area contributed by atoms with Gasteiger partial charge in [0.15, 0.2) is 0 Å². The summed E-state index contributed by atoms with van der Waals surface area (Å²) in [6, 6.07) is 21.5. The molecule has 4 aromatic rings. The van der Waals surface area contributed by atoms with Crippen LogP contribution in [-0.4, -0.2) is 34.6 Å². The Kier molecular flexibility index (Phi) is 7.94. The number of halogens is 1. The minimum atomic E-state index is -0.775. The number of methoxy groups -OCH3 is 1. The van der Waals surface area contributed by atoms with E-state index in [0.29, 0.717) is 32.1 Å². The van der Waals surface area contributed by atoms with Gasteiger partial charge >= 0.3 is 4.87 Å². The number of rotatable bonds is 6. The van der Waals surface area contributed by atoms with Crippen LogP contribution >= 0.6 is 34.7 Å². The zero-order chi connectivity index (χ0) is 31.3. The van der Waals surface area contributed by atoms with Crippen LogP contribution in [0.25, 0.3) is 0 Å². The van der Waals surface area contributed by atoms with Crippen LogP contribution in [0.1, 0.15) is 42.7 Å². The summed E-state index contributed by atoms with van der Waals surface area (Å²) in [5, 5.41) is 3.08. The number of carbonyl (C=O) groups excluding carboxylic acids is 3. The van der Waals surface area contributed by atoms with Gasteiger partial charge in [-0.2, -0.15) is 0 Å². The molecule has 1 saturated heterocycles. The van der Waals surface area contributed by atoms with E-state index in [2.05, 4.69) is 26.1 Å². The highest BCUT2D eigenvalue weighted by atomic mass is 35.5. The van der Waals surface area contributed by atoms with E-state index in [1.165, 1.54) is 21.2 Å². The second kappa shape index (κ2) is 11.6. The average molecular weight is 648 g/mol. The first kappa shape index (κ1) is 30.2. The van der Waals surface area contributed by atoms with Gasteiger partial charge < -0.3 is 10.1 Å². The number of benzene rings is 3. The van der Waals surface area contributed by atoms with Gasteiger partial charge in [0.2, 0.25) is 17.7 Å². The van der Waals surface area contributed by atoms with Crippen LogP contribution in [0.15, 0.2) is 82.6 Å². The third-order valence-electron chi connectivity index (χ3n) is 7.95. The monoisotopic (exact) mass is 647 g/mol. The number of carbonyl (C=O) groups is 3. The van der Waals surface area contributed by atoms with Gasteiger partial charge in [0, 0.05) is 21.5 Å². The number of anilines is 2. The van der Waals surface area contributed by atoms with E-state index in [9.17, 15) is 19.2 Å². The summed E-state index contributed by atoms with van der Waals surface area (Å²) < 4.78 is 6.59. The molecule has 0 aliphatic carbocycles. The molecule has 2 aliphatic heterocycles. The maximum absolute atomic E-state index is 14.1. The van der Waals surface area contributed by atoms with Crippen molar-refractivity contribution in [3.8, 4) is 5.75 Å². The van der Waals surface area contributed by atoms with Gasteiger partial charge in [-0.1, -0.05) is 79.7 Å². The summed E-state index contributed by atoms with van der Waals surface area (Å²) in [5.41, 5.74) is 2.89. The fourth-order valence-corrected chi connectivity index (χ4v) is 8.57. The number of hydrogen-bond donors (Lipinski definition) is 1. The van der Waals surface area contributed by atoms with E-state index in [4.69, 9.17) is 16.3 Å². The number of amides is 3. The van der Waals surface area contributed by atoms with E-state index in [1.807, 2.05) is 24.3 Å². The molecule has 3 amide bonds. The Morgan fingerprint density at radius 3 is 2.20 bits per heavy atom. The Morgan fingerprint density at radius 1 is 0.932 bits per heavy atom. The maximum atomic E-state index is 14.1. The molecule has 0 radical (unpaired) electrons. The first-order valence-corrected chi connectivity index (χ1v) is 16.1. The molecular weight excluding hydrogens is 618 g/mol. The molecule has 1 N–H and O–H groups in total. The molecule has 3 aromatic carbocycles. The quantitative estimate of drug-likeness (QED) is 0.247. The van der Waals surface area contributed by atoms with Crippen LogP contribution < -0.4 is 19.8 Å². The van der Waals surface area contributed by atoms with Gasteiger partial charge in [0.05, 0.1) is 23.7 Å². The molecule has 3 unspecified atom stereocenters. The molecule has 0 spiro atoms. The number of fused-ring (bicyclic) bond motifs is 2. The minimum absolute atomic E-state index is 0.0788. The molecule has 11 heteroatoms. The lowest BCUT2D eigenvalue weighted by atomic mass is 9.81. The summed E-state index contributed by atoms with van der Waals surface area (Å²) in [7, 11) is 1.56. The van der Waals surface area contributed by atoms with Gasteiger partial charge in [-0.15, -0.1) is 0 Å². The van der Waals surface area contributed by atoms with Crippen LogP contribution in [0, 0.1) is 5.92 Å². The Morgan fingerprint density at radius 2 is 1.59 bits per heavy atom. The number of imide groups is 1. The summed E-state index contributed by atoms with van der Waals surface area (Å²) in [6.45, 7) is 6.14. The molecule has 44 heavy (non-hydrogen) atoms. The van der Waals surface area contributed by atoms with E-state index >= 15 is 0 Å². The number of thioether (sulfide) groups is 1. The number of thiazole rings is 1. The summed E-state index contributed by atoms with van der Waals surface area (Å²) >= 11 is 8.29. The van der Waals surface area contributed by atoms with Crippen LogP contribution in [0.2, 0.25) is 5.02 Å². The standard InChI is InChI=1S/C33H30ClN3O5S2/c1-33(2,3)19-7-5-18(6-8-19)25-26-27(30(40)37(29(26)39)22-13-9-20(34)10-14-22)43-31-28(25)44-32(41)36(31)17-24(38)35-21-11-15-23(42-4)16-12-21/h5-16,25-27H,17H2,1-4H3,(H,35,38). The highest BCUT2D eigenvalue weighted by molar-refractivity contribution is 8.00.